The molecule has 1 amide bonds. The highest BCUT2D eigenvalue weighted by atomic mass is 16.2. The number of piperidine rings is 1. The number of nitrogens with one attached hydrogen (secondary N) is 1. The lowest BCUT2D eigenvalue weighted by Gasteiger charge is -2.33. The van der Waals surface area contributed by atoms with Gasteiger partial charge in [-0.2, -0.15) is 0 Å². The Morgan fingerprint density at radius 1 is 1.32 bits per heavy atom. The molecule has 0 bridgehead atoms. The molecule has 1 heterocycles. The fourth-order valence-electron chi connectivity index (χ4n) is 3.30. The molecule has 2 rings (SSSR count). The van der Waals surface area contributed by atoms with Gasteiger partial charge in [0.2, 0.25) is 5.91 Å². The molecule has 1 saturated carbocycles. The van der Waals surface area contributed by atoms with E-state index in [4.69, 9.17) is 0 Å². The van der Waals surface area contributed by atoms with Crippen LogP contribution in [0.3, 0.4) is 0 Å². The summed E-state index contributed by atoms with van der Waals surface area (Å²) >= 11 is 0. The predicted molar refractivity (Wildman–Crippen MR) is 78.9 cm³/mol. The average Bonchev–Trinajstić information content (AvgIpc) is 3.17. The van der Waals surface area contributed by atoms with Gasteiger partial charge in [-0.25, -0.2) is 0 Å². The van der Waals surface area contributed by atoms with Crippen LogP contribution in [0.15, 0.2) is 0 Å². The lowest BCUT2D eigenvalue weighted by atomic mass is 9.83. The molecule has 2 aliphatic rings. The number of amides is 1. The summed E-state index contributed by atoms with van der Waals surface area (Å²) < 4.78 is 0. The van der Waals surface area contributed by atoms with Crippen molar-refractivity contribution in [1.82, 2.24) is 10.2 Å². The zero-order valence-electron chi connectivity index (χ0n) is 13.0. The Balaban J connectivity index is 1.82. The number of nitrogens with zero attached hydrogens (tertiary/aromatic N) is 1. The first-order valence-corrected chi connectivity index (χ1v) is 7.90. The maximum Gasteiger partial charge on any atom is 0.222 e. The SMILES string of the molecule is CC(CC(=O)N(C)C(C)C1(C)CC1)C1CCNCC1. The average molecular weight is 266 g/mol. The van der Waals surface area contributed by atoms with Crippen molar-refractivity contribution in [2.75, 3.05) is 20.1 Å². The fourth-order valence-corrected chi connectivity index (χ4v) is 3.30. The van der Waals surface area contributed by atoms with Crippen LogP contribution in [0, 0.1) is 17.3 Å². The molecule has 2 atom stereocenters. The van der Waals surface area contributed by atoms with Crippen LogP contribution >= 0.6 is 0 Å². The van der Waals surface area contributed by atoms with Gasteiger partial charge in [0, 0.05) is 19.5 Å². The zero-order valence-corrected chi connectivity index (χ0v) is 13.0. The van der Waals surface area contributed by atoms with Gasteiger partial charge in [-0.1, -0.05) is 13.8 Å². The summed E-state index contributed by atoms with van der Waals surface area (Å²) in [4.78, 5) is 14.4. The summed E-state index contributed by atoms with van der Waals surface area (Å²) in [6.45, 7) is 9.00. The van der Waals surface area contributed by atoms with Gasteiger partial charge >= 0.3 is 0 Å². The van der Waals surface area contributed by atoms with Crippen LogP contribution in [-0.4, -0.2) is 37.0 Å². The standard InChI is InChI=1S/C16H30N2O/c1-12(14-5-9-17-10-6-14)11-15(19)18(4)13(2)16(3)7-8-16/h12-14,17H,5-11H2,1-4H3. The summed E-state index contributed by atoms with van der Waals surface area (Å²) in [5.41, 5.74) is 0.391. The third-order valence-corrected chi connectivity index (χ3v) is 5.71. The molecule has 0 spiro atoms. The molecular formula is C16H30N2O. The van der Waals surface area contributed by atoms with Crippen LogP contribution < -0.4 is 5.32 Å². The molecule has 1 aliphatic carbocycles. The van der Waals surface area contributed by atoms with Crippen molar-refractivity contribution in [1.29, 1.82) is 0 Å². The monoisotopic (exact) mass is 266 g/mol. The third-order valence-electron chi connectivity index (χ3n) is 5.71. The highest BCUT2D eigenvalue weighted by Gasteiger charge is 2.45. The van der Waals surface area contributed by atoms with Crippen LogP contribution in [0.5, 0.6) is 0 Å². The van der Waals surface area contributed by atoms with E-state index in [0.29, 0.717) is 23.3 Å². The van der Waals surface area contributed by atoms with E-state index in [-0.39, 0.29) is 0 Å². The lowest BCUT2D eigenvalue weighted by Crippen LogP contribution is -2.41. The van der Waals surface area contributed by atoms with Gasteiger partial charge in [0.05, 0.1) is 0 Å². The van der Waals surface area contributed by atoms with Gasteiger partial charge in [0.25, 0.3) is 0 Å². The smallest absolute Gasteiger partial charge is 0.222 e. The maximum absolute atomic E-state index is 12.4. The van der Waals surface area contributed by atoms with Gasteiger partial charge in [0.15, 0.2) is 0 Å². The van der Waals surface area contributed by atoms with Crippen LogP contribution in [0.4, 0.5) is 0 Å². The number of hydrogen-bond donors (Lipinski definition) is 1. The first kappa shape index (κ1) is 14.8. The minimum Gasteiger partial charge on any atom is -0.343 e. The van der Waals surface area contributed by atoms with Crippen LogP contribution in [-0.2, 0) is 4.79 Å². The second kappa shape index (κ2) is 5.82. The molecular weight excluding hydrogens is 236 g/mol. The topological polar surface area (TPSA) is 32.3 Å². The molecule has 0 aromatic rings. The Morgan fingerprint density at radius 3 is 2.42 bits per heavy atom. The Labute approximate surface area is 118 Å². The molecule has 3 heteroatoms. The van der Waals surface area contributed by atoms with Gasteiger partial charge in [0.1, 0.15) is 0 Å². The van der Waals surface area contributed by atoms with Crippen LogP contribution in [0.25, 0.3) is 0 Å². The molecule has 1 saturated heterocycles. The second-order valence-electron chi connectivity index (χ2n) is 7.10. The number of hydrogen-bond acceptors (Lipinski definition) is 2. The van der Waals surface area contributed by atoms with Crippen molar-refractivity contribution in [2.45, 2.75) is 58.9 Å². The van der Waals surface area contributed by atoms with Crippen LogP contribution in [0.1, 0.15) is 52.9 Å². The molecule has 1 N–H and O–H groups in total. The van der Waals surface area contributed by atoms with E-state index < -0.39 is 0 Å². The third kappa shape index (κ3) is 3.50. The Bertz CT molecular complexity index is 319. The lowest BCUT2D eigenvalue weighted by molar-refractivity contribution is -0.134. The Hall–Kier alpha value is -0.570. The molecule has 2 fully saturated rings. The first-order valence-electron chi connectivity index (χ1n) is 7.90. The van der Waals surface area contributed by atoms with Crippen molar-refractivity contribution in [3.63, 3.8) is 0 Å². The summed E-state index contributed by atoms with van der Waals surface area (Å²) in [5, 5.41) is 3.40. The van der Waals surface area contributed by atoms with Crippen molar-refractivity contribution >= 4 is 5.91 Å². The van der Waals surface area contributed by atoms with Gasteiger partial charge in [-0.05, 0) is 62.9 Å². The molecule has 0 radical (unpaired) electrons. The van der Waals surface area contributed by atoms with Crippen molar-refractivity contribution in [2.24, 2.45) is 17.3 Å². The molecule has 2 unspecified atom stereocenters. The molecule has 19 heavy (non-hydrogen) atoms. The minimum absolute atomic E-state index is 0.339. The summed E-state index contributed by atoms with van der Waals surface area (Å²) in [7, 11) is 1.99. The van der Waals surface area contributed by atoms with E-state index in [0.717, 1.165) is 25.4 Å². The molecule has 0 aromatic heterocycles. The summed E-state index contributed by atoms with van der Waals surface area (Å²) in [6, 6.07) is 0.389. The first-order chi connectivity index (χ1) is 8.94. The van der Waals surface area contributed by atoms with E-state index in [1.807, 2.05) is 11.9 Å². The molecule has 0 aromatic carbocycles. The largest absolute Gasteiger partial charge is 0.343 e. The van der Waals surface area contributed by atoms with Crippen molar-refractivity contribution in [3.05, 3.63) is 0 Å². The Kier molecular flexibility index (Phi) is 4.54. The highest BCUT2D eigenvalue weighted by molar-refractivity contribution is 5.76. The van der Waals surface area contributed by atoms with Crippen molar-refractivity contribution in [3.8, 4) is 0 Å². The van der Waals surface area contributed by atoms with Gasteiger partial charge in [-0.15, -0.1) is 0 Å². The molecule has 110 valence electrons. The minimum atomic E-state index is 0.339. The quantitative estimate of drug-likeness (QED) is 0.829. The summed E-state index contributed by atoms with van der Waals surface area (Å²) in [5.74, 6) is 1.59. The van der Waals surface area contributed by atoms with Gasteiger partial charge < -0.3 is 10.2 Å². The summed E-state index contributed by atoms with van der Waals surface area (Å²) in [6.07, 6.45) is 5.73. The van der Waals surface area contributed by atoms with E-state index in [1.54, 1.807) is 0 Å². The number of carbonyl (C=O) groups excluding carboxylic acids is 1. The maximum atomic E-state index is 12.4. The van der Waals surface area contributed by atoms with Gasteiger partial charge in [-0.3, -0.25) is 4.79 Å². The molecule has 3 nitrogen and oxygen atoms in total. The van der Waals surface area contributed by atoms with Crippen molar-refractivity contribution < 1.29 is 4.79 Å². The highest BCUT2D eigenvalue weighted by Crippen LogP contribution is 2.49. The van der Waals surface area contributed by atoms with E-state index in [2.05, 4.69) is 26.1 Å². The van der Waals surface area contributed by atoms with E-state index in [1.165, 1.54) is 25.7 Å². The molecule has 1 aliphatic heterocycles. The normalized spacial score (nSPS) is 25.7. The second-order valence-corrected chi connectivity index (χ2v) is 7.10. The van der Waals surface area contributed by atoms with Crippen LogP contribution in [0.2, 0.25) is 0 Å². The number of carbonyl (C=O) groups is 1. The predicted octanol–water partition coefficient (Wildman–Crippen LogP) is 2.66. The number of rotatable bonds is 5. The van der Waals surface area contributed by atoms with E-state index >= 15 is 0 Å². The zero-order chi connectivity index (χ0) is 14.0. The Morgan fingerprint density at radius 2 is 1.89 bits per heavy atom. The fraction of sp³-hybridized carbons (Fsp3) is 0.938. The van der Waals surface area contributed by atoms with E-state index in [9.17, 15) is 4.79 Å².